The fraction of sp³-hybridized carbons (Fsp3) is 0.273. The van der Waals surface area contributed by atoms with Gasteiger partial charge in [0.1, 0.15) is 6.04 Å². The molecule has 2 N–H and O–H groups in total. The Morgan fingerprint density at radius 2 is 2.33 bits per heavy atom. The van der Waals surface area contributed by atoms with Gasteiger partial charge in [-0.15, -0.1) is 0 Å². The van der Waals surface area contributed by atoms with E-state index in [1.165, 1.54) is 0 Å². The van der Waals surface area contributed by atoms with Gasteiger partial charge in [-0.05, 0) is 34.1 Å². The molecule has 1 atom stereocenters. The Morgan fingerprint density at radius 1 is 1.56 bits per heavy atom. The molecular formula is C11H11BrClN3O2. The van der Waals surface area contributed by atoms with Crippen LogP contribution in [0.1, 0.15) is 11.9 Å². The third-order valence-corrected chi connectivity index (χ3v) is 3.50. The van der Waals surface area contributed by atoms with Crippen LogP contribution in [0.5, 0.6) is 0 Å². The molecular weight excluding hydrogens is 321 g/mol. The van der Waals surface area contributed by atoms with Crippen molar-refractivity contribution in [2.24, 2.45) is 5.73 Å². The zero-order valence-corrected chi connectivity index (χ0v) is 11.9. The summed E-state index contributed by atoms with van der Waals surface area (Å²) in [6, 6.07) is 4.96. The largest absolute Gasteiger partial charge is 0.383 e. The smallest absolute Gasteiger partial charge is 0.246 e. The number of methoxy groups -OCH3 is 1. The Labute approximate surface area is 117 Å². The van der Waals surface area contributed by atoms with Crippen molar-refractivity contribution in [1.82, 2.24) is 10.1 Å². The predicted molar refractivity (Wildman–Crippen MR) is 71.2 cm³/mol. The first-order chi connectivity index (χ1) is 8.61. The van der Waals surface area contributed by atoms with Crippen LogP contribution in [0, 0.1) is 0 Å². The second-order valence-electron chi connectivity index (χ2n) is 3.65. The average molecular weight is 333 g/mol. The molecule has 0 fully saturated rings. The highest BCUT2D eigenvalue weighted by Gasteiger charge is 2.15. The number of nitrogens with zero attached hydrogens (tertiary/aromatic N) is 2. The van der Waals surface area contributed by atoms with Crippen LogP contribution in [-0.4, -0.2) is 23.9 Å². The lowest BCUT2D eigenvalue weighted by Gasteiger charge is -2.03. The van der Waals surface area contributed by atoms with E-state index in [0.29, 0.717) is 23.3 Å². The van der Waals surface area contributed by atoms with Crippen molar-refractivity contribution in [3.8, 4) is 11.4 Å². The van der Waals surface area contributed by atoms with Crippen molar-refractivity contribution >= 4 is 27.5 Å². The van der Waals surface area contributed by atoms with Crippen LogP contribution < -0.4 is 5.73 Å². The summed E-state index contributed by atoms with van der Waals surface area (Å²) in [5, 5.41) is 4.50. The van der Waals surface area contributed by atoms with E-state index in [-0.39, 0.29) is 0 Å². The van der Waals surface area contributed by atoms with E-state index in [9.17, 15) is 0 Å². The summed E-state index contributed by atoms with van der Waals surface area (Å²) in [5.41, 5.74) is 6.60. The lowest BCUT2D eigenvalue weighted by molar-refractivity contribution is 0.166. The number of hydrogen-bond acceptors (Lipinski definition) is 5. The molecule has 18 heavy (non-hydrogen) atoms. The molecule has 0 bridgehead atoms. The quantitative estimate of drug-likeness (QED) is 0.932. The van der Waals surface area contributed by atoms with Crippen molar-refractivity contribution in [3.05, 3.63) is 33.6 Å². The zero-order chi connectivity index (χ0) is 13.1. The van der Waals surface area contributed by atoms with Gasteiger partial charge in [0.2, 0.25) is 11.7 Å². The summed E-state index contributed by atoms with van der Waals surface area (Å²) < 4.78 is 10.8. The molecule has 0 amide bonds. The van der Waals surface area contributed by atoms with Crippen LogP contribution in [-0.2, 0) is 4.74 Å². The second-order valence-corrected chi connectivity index (χ2v) is 4.91. The number of hydrogen-bond donors (Lipinski definition) is 1. The predicted octanol–water partition coefficient (Wildman–Crippen LogP) is 2.80. The summed E-state index contributed by atoms with van der Waals surface area (Å²) in [5.74, 6) is 0.812. The first kappa shape index (κ1) is 13.5. The minimum absolute atomic E-state index is 0.325. The van der Waals surface area contributed by atoms with Gasteiger partial charge in [0.25, 0.3) is 0 Å². The van der Waals surface area contributed by atoms with Crippen molar-refractivity contribution in [1.29, 1.82) is 0 Å². The zero-order valence-electron chi connectivity index (χ0n) is 9.56. The third-order valence-electron chi connectivity index (χ3n) is 2.28. The van der Waals surface area contributed by atoms with Crippen molar-refractivity contribution in [3.63, 3.8) is 0 Å². The van der Waals surface area contributed by atoms with E-state index in [1.807, 2.05) is 12.1 Å². The van der Waals surface area contributed by atoms with Gasteiger partial charge in [-0.3, -0.25) is 0 Å². The van der Waals surface area contributed by atoms with Crippen LogP contribution in [0.25, 0.3) is 11.4 Å². The molecule has 7 heteroatoms. The van der Waals surface area contributed by atoms with Crippen LogP contribution in [0.2, 0.25) is 5.02 Å². The molecule has 0 spiro atoms. The Morgan fingerprint density at radius 3 is 3.00 bits per heavy atom. The highest BCUT2D eigenvalue weighted by atomic mass is 79.9. The topological polar surface area (TPSA) is 74.2 Å². The molecule has 0 aliphatic carbocycles. The van der Waals surface area contributed by atoms with E-state index in [2.05, 4.69) is 26.1 Å². The number of benzene rings is 1. The Bertz CT molecular complexity index is 547. The average Bonchev–Trinajstić information content (AvgIpc) is 2.82. The molecule has 1 heterocycles. The lowest BCUT2D eigenvalue weighted by atomic mass is 10.2. The van der Waals surface area contributed by atoms with Crippen molar-refractivity contribution in [2.45, 2.75) is 6.04 Å². The molecule has 1 unspecified atom stereocenters. The summed E-state index contributed by atoms with van der Waals surface area (Å²) in [7, 11) is 1.56. The Hall–Kier alpha value is -0.950. The van der Waals surface area contributed by atoms with Gasteiger partial charge < -0.3 is 15.0 Å². The molecule has 0 saturated carbocycles. The number of halogens is 2. The molecule has 2 rings (SSSR count). The lowest BCUT2D eigenvalue weighted by Crippen LogP contribution is -2.16. The van der Waals surface area contributed by atoms with Gasteiger partial charge in [0.15, 0.2) is 0 Å². The third kappa shape index (κ3) is 2.89. The molecule has 0 aliphatic rings. The Kier molecular flexibility index (Phi) is 4.34. The van der Waals surface area contributed by atoms with E-state index in [1.54, 1.807) is 13.2 Å². The molecule has 2 aromatic rings. The minimum Gasteiger partial charge on any atom is -0.383 e. The Balaban J connectivity index is 2.26. The molecule has 0 radical (unpaired) electrons. The summed E-state index contributed by atoms with van der Waals surface area (Å²) in [6.07, 6.45) is 0. The number of nitrogens with two attached hydrogens (primary N) is 1. The van der Waals surface area contributed by atoms with Gasteiger partial charge in [0.05, 0.1) is 11.6 Å². The van der Waals surface area contributed by atoms with Crippen LogP contribution in [0.3, 0.4) is 0 Å². The number of aromatic nitrogens is 2. The van der Waals surface area contributed by atoms with Crippen LogP contribution >= 0.6 is 27.5 Å². The molecule has 0 saturated heterocycles. The van der Waals surface area contributed by atoms with Crippen LogP contribution in [0.15, 0.2) is 27.2 Å². The maximum Gasteiger partial charge on any atom is 0.246 e. The SMILES string of the molecule is COCC(N)c1nc(-c2ccc(Cl)c(Br)c2)no1. The molecule has 1 aromatic carbocycles. The summed E-state index contributed by atoms with van der Waals surface area (Å²) >= 11 is 9.26. The van der Waals surface area contributed by atoms with Gasteiger partial charge in [-0.1, -0.05) is 16.8 Å². The molecule has 5 nitrogen and oxygen atoms in total. The molecule has 1 aromatic heterocycles. The highest BCUT2D eigenvalue weighted by molar-refractivity contribution is 9.10. The first-order valence-electron chi connectivity index (χ1n) is 5.15. The van der Waals surface area contributed by atoms with Gasteiger partial charge in [-0.25, -0.2) is 0 Å². The molecule has 0 aliphatic heterocycles. The number of ether oxygens (including phenoxy) is 1. The van der Waals surface area contributed by atoms with E-state index < -0.39 is 6.04 Å². The van der Waals surface area contributed by atoms with Crippen LogP contribution in [0.4, 0.5) is 0 Å². The van der Waals surface area contributed by atoms with E-state index >= 15 is 0 Å². The van der Waals surface area contributed by atoms with Crippen molar-refractivity contribution < 1.29 is 9.26 Å². The fourth-order valence-electron chi connectivity index (χ4n) is 1.39. The maximum absolute atomic E-state index is 5.92. The summed E-state index contributed by atoms with van der Waals surface area (Å²) in [6.45, 7) is 0.325. The standard InChI is InChI=1S/C11H11BrClN3O2/c1-17-5-9(14)11-15-10(16-18-11)6-2-3-8(13)7(12)4-6/h2-4,9H,5,14H2,1H3. The normalized spacial score (nSPS) is 12.7. The minimum atomic E-state index is -0.424. The second kappa shape index (κ2) is 5.79. The van der Waals surface area contributed by atoms with Crippen molar-refractivity contribution in [2.75, 3.05) is 13.7 Å². The maximum atomic E-state index is 5.92. The monoisotopic (exact) mass is 331 g/mol. The highest BCUT2D eigenvalue weighted by Crippen LogP contribution is 2.27. The van der Waals surface area contributed by atoms with Gasteiger partial charge in [-0.2, -0.15) is 4.98 Å². The first-order valence-corrected chi connectivity index (χ1v) is 6.32. The fourth-order valence-corrected chi connectivity index (χ4v) is 1.89. The van der Waals surface area contributed by atoms with Gasteiger partial charge >= 0.3 is 0 Å². The van der Waals surface area contributed by atoms with Gasteiger partial charge in [0, 0.05) is 17.1 Å². The number of rotatable bonds is 4. The van der Waals surface area contributed by atoms with E-state index in [0.717, 1.165) is 10.0 Å². The summed E-state index contributed by atoms with van der Waals surface area (Å²) in [4.78, 5) is 4.22. The van der Waals surface area contributed by atoms with E-state index in [4.69, 9.17) is 26.6 Å². The molecule has 96 valence electrons.